The number of aromatic nitrogens is 2. The molecule has 1 amide bonds. The predicted octanol–water partition coefficient (Wildman–Crippen LogP) is 2.67. The summed E-state index contributed by atoms with van der Waals surface area (Å²) >= 11 is 0. The zero-order chi connectivity index (χ0) is 19.4. The first-order valence-electron chi connectivity index (χ1n) is 8.65. The fourth-order valence-electron chi connectivity index (χ4n) is 2.79. The number of aromatic hydroxyl groups is 1. The maximum Gasteiger partial charge on any atom is 0.292 e. The van der Waals surface area contributed by atoms with Crippen LogP contribution in [0.15, 0.2) is 58.4 Å². The van der Waals surface area contributed by atoms with E-state index in [-0.39, 0.29) is 17.0 Å². The molecule has 2 N–H and O–H groups in total. The van der Waals surface area contributed by atoms with Gasteiger partial charge in [0, 0.05) is 17.5 Å². The van der Waals surface area contributed by atoms with E-state index in [0.717, 1.165) is 6.42 Å². The second-order valence-corrected chi connectivity index (χ2v) is 6.08. The summed E-state index contributed by atoms with van der Waals surface area (Å²) in [6.45, 7) is 4.03. The molecule has 3 rings (SSSR count). The second kappa shape index (κ2) is 7.82. The molecule has 0 bridgehead atoms. The third kappa shape index (κ3) is 3.72. The van der Waals surface area contributed by atoms with Gasteiger partial charge in [0.25, 0.3) is 11.5 Å². The molecule has 0 saturated carbocycles. The van der Waals surface area contributed by atoms with Crippen LogP contribution in [-0.2, 0) is 6.54 Å². The number of hydrogen-bond acceptors (Lipinski definition) is 5. The van der Waals surface area contributed by atoms with Crippen LogP contribution >= 0.6 is 0 Å². The lowest BCUT2D eigenvalue weighted by molar-refractivity contribution is 0.0949. The average molecular weight is 364 g/mol. The Morgan fingerprint density at radius 1 is 1.15 bits per heavy atom. The quantitative estimate of drug-likeness (QED) is 0.537. The molecule has 0 spiro atoms. The number of hydrogen-bond donors (Lipinski definition) is 2. The topological polar surface area (TPSA) is 96.6 Å². The number of phenolic OH excluding ortho intramolecular Hbond substituents is 1. The summed E-state index contributed by atoms with van der Waals surface area (Å²) in [6, 6.07) is 13.6. The largest absolute Gasteiger partial charge is 0.507 e. The van der Waals surface area contributed by atoms with E-state index in [1.165, 1.54) is 4.68 Å². The number of carbonyl (C=O) groups is 1. The molecule has 0 aliphatic heterocycles. The number of phenols is 1. The Balaban J connectivity index is 1.98. The lowest BCUT2D eigenvalue weighted by atomic mass is 10.1. The Kier molecular flexibility index (Phi) is 5.30. The summed E-state index contributed by atoms with van der Waals surface area (Å²) in [5.74, 6) is -0.445. The Morgan fingerprint density at radius 2 is 1.81 bits per heavy atom. The van der Waals surface area contributed by atoms with Crippen LogP contribution in [0, 0.1) is 0 Å². The highest BCUT2D eigenvalue weighted by atomic mass is 16.3. The molecule has 1 heterocycles. The van der Waals surface area contributed by atoms with E-state index in [2.05, 4.69) is 15.6 Å². The Labute approximate surface area is 156 Å². The zero-order valence-electron chi connectivity index (χ0n) is 15.1. The van der Waals surface area contributed by atoms with Gasteiger partial charge in [-0.25, -0.2) is 10.1 Å². The predicted molar refractivity (Wildman–Crippen MR) is 104 cm³/mol. The van der Waals surface area contributed by atoms with Gasteiger partial charge in [0.1, 0.15) is 5.75 Å². The number of benzene rings is 2. The number of hydrazone groups is 1. The van der Waals surface area contributed by atoms with Crippen molar-refractivity contribution < 1.29 is 9.90 Å². The van der Waals surface area contributed by atoms with Crippen molar-refractivity contribution >= 4 is 22.4 Å². The van der Waals surface area contributed by atoms with Gasteiger partial charge in [-0.05, 0) is 31.5 Å². The number of rotatable bonds is 5. The van der Waals surface area contributed by atoms with Crippen molar-refractivity contribution in [2.24, 2.45) is 5.10 Å². The van der Waals surface area contributed by atoms with Crippen molar-refractivity contribution in [3.63, 3.8) is 0 Å². The van der Waals surface area contributed by atoms with Gasteiger partial charge in [-0.1, -0.05) is 37.3 Å². The van der Waals surface area contributed by atoms with Crippen LogP contribution < -0.4 is 11.0 Å². The number of para-hydroxylation sites is 1. The van der Waals surface area contributed by atoms with Crippen molar-refractivity contribution in [3.8, 4) is 5.75 Å². The summed E-state index contributed by atoms with van der Waals surface area (Å²) in [7, 11) is 0. The summed E-state index contributed by atoms with van der Waals surface area (Å²) in [5.41, 5.74) is 3.34. The van der Waals surface area contributed by atoms with Crippen molar-refractivity contribution in [2.75, 3.05) is 0 Å². The molecule has 0 aliphatic carbocycles. The van der Waals surface area contributed by atoms with Gasteiger partial charge in [-0.15, -0.1) is 0 Å². The molecule has 0 atom stereocenters. The van der Waals surface area contributed by atoms with E-state index < -0.39 is 5.91 Å². The van der Waals surface area contributed by atoms with E-state index in [4.69, 9.17) is 0 Å². The molecule has 7 heteroatoms. The zero-order valence-corrected chi connectivity index (χ0v) is 15.1. The van der Waals surface area contributed by atoms with Crippen LogP contribution in [0.3, 0.4) is 0 Å². The maximum absolute atomic E-state index is 12.7. The molecule has 138 valence electrons. The molecule has 0 unspecified atom stereocenters. The minimum atomic E-state index is -0.522. The standard InChI is InChI=1S/C20H20N4O3/c1-3-12-24-20(27)16-10-5-4-9-15(16)18(23-24)19(26)22-21-13(2)14-8-6-7-11-17(14)25/h4-11,25H,3,12H2,1-2H3,(H,22,26)/b21-13+. The molecule has 7 nitrogen and oxygen atoms in total. The number of amides is 1. The molecular formula is C20H20N4O3. The molecule has 3 aromatic rings. The Morgan fingerprint density at radius 3 is 2.52 bits per heavy atom. The molecule has 0 fully saturated rings. The summed E-state index contributed by atoms with van der Waals surface area (Å²) in [6.07, 6.45) is 0.719. The fourth-order valence-corrected chi connectivity index (χ4v) is 2.79. The van der Waals surface area contributed by atoms with Crippen LogP contribution in [-0.4, -0.2) is 26.5 Å². The third-order valence-electron chi connectivity index (χ3n) is 4.14. The Bertz CT molecular complexity index is 1090. The first kappa shape index (κ1) is 18.3. The minimum absolute atomic E-state index is 0.0769. The molecule has 1 aromatic heterocycles. The number of nitrogens with one attached hydrogen (secondary N) is 1. The molecule has 0 saturated heterocycles. The van der Waals surface area contributed by atoms with Crippen LogP contribution in [0.1, 0.15) is 36.3 Å². The van der Waals surface area contributed by atoms with Crippen LogP contribution in [0.4, 0.5) is 0 Å². The van der Waals surface area contributed by atoms with E-state index in [1.54, 1.807) is 55.5 Å². The van der Waals surface area contributed by atoms with Gasteiger partial charge in [-0.2, -0.15) is 10.2 Å². The Hall–Kier alpha value is -3.48. The first-order valence-corrected chi connectivity index (χ1v) is 8.65. The van der Waals surface area contributed by atoms with Crippen molar-refractivity contribution in [2.45, 2.75) is 26.8 Å². The number of aryl methyl sites for hydroxylation is 1. The van der Waals surface area contributed by atoms with Gasteiger partial charge in [0.05, 0.1) is 11.1 Å². The highest BCUT2D eigenvalue weighted by molar-refractivity contribution is 6.06. The third-order valence-corrected chi connectivity index (χ3v) is 4.14. The van der Waals surface area contributed by atoms with Gasteiger partial charge in [0.2, 0.25) is 0 Å². The van der Waals surface area contributed by atoms with Gasteiger partial charge in [-0.3, -0.25) is 9.59 Å². The first-order chi connectivity index (χ1) is 13.0. The number of carbonyl (C=O) groups excluding carboxylic acids is 1. The van der Waals surface area contributed by atoms with E-state index in [0.29, 0.717) is 28.6 Å². The fraction of sp³-hybridized carbons (Fsp3) is 0.200. The summed E-state index contributed by atoms with van der Waals surface area (Å²) < 4.78 is 1.30. The summed E-state index contributed by atoms with van der Waals surface area (Å²) in [5, 5.41) is 19.1. The van der Waals surface area contributed by atoms with Gasteiger partial charge < -0.3 is 5.11 Å². The summed E-state index contributed by atoms with van der Waals surface area (Å²) in [4.78, 5) is 25.2. The van der Waals surface area contributed by atoms with Crippen LogP contribution in [0.5, 0.6) is 5.75 Å². The van der Waals surface area contributed by atoms with Crippen LogP contribution in [0.25, 0.3) is 10.8 Å². The normalized spacial score (nSPS) is 11.6. The number of nitrogens with zero attached hydrogens (tertiary/aromatic N) is 3. The van der Waals surface area contributed by atoms with Gasteiger partial charge in [0.15, 0.2) is 5.69 Å². The van der Waals surface area contributed by atoms with Crippen molar-refractivity contribution in [3.05, 3.63) is 70.1 Å². The smallest absolute Gasteiger partial charge is 0.292 e. The minimum Gasteiger partial charge on any atom is -0.507 e. The molecule has 0 aliphatic rings. The lowest BCUT2D eigenvalue weighted by Crippen LogP contribution is -2.29. The van der Waals surface area contributed by atoms with Gasteiger partial charge >= 0.3 is 0 Å². The van der Waals surface area contributed by atoms with E-state index >= 15 is 0 Å². The molecule has 27 heavy (non-hydrogen) atoms. The average Bonchev–Trinajstić information content (AvgIpc) is 2.68. The second-order valence-electron chi connectivity index (χ2n) is 6.08. The highest BCUT2D eigenvalue weighted by Crippen LogP contribution is 2.17. The molecule has 2 aromatic carbocycles. The lowest BCUT2D eigenvalue weighted by Gasteiger charge is -2.10. The maximum atomic E-state index is 12.7. The molecular weight excluding hydrogens is 344 g/mol. The monoisotopic (exact) mass is 364 g/mol. The van der Waals surface area contributed by atoms with E-state index in [9.17, 15) is 14.7 Å². The highest BCUT2D eigenvalue weighted by Gasteiger charge is 2.16. The van der Waals surface area contributed by atoms with Crippen LogP contribution in [0.2, 0.25) is 0 Å². The molecule has 0 radical (unpaired) electrons. The van der Waals surface area contributed by atoms with E-state index in [1.807, 2.05) is 6.92 Å². The number of fused-ring (bicyclic) bond motifs is 1. The SMILES string of the molecule is CCCn1nc(C(=O)N/N=C(\C)c2ccccc2O)c2ccccc2c1=O. The van der Waals surface area contributed by atoms with Crippen molar-refractivity contribution in [1.82, 2.24) is 15.2 Å². The van der Waals surface area contributed by atoms with Crippen molar-refractivity contribution in [1.29, 1.82) is 0 Å².